The Hall–Kier alpha value is -2.54. The first kappa shape index (κ1) is 11.0. The second kappa shape index (κ2) is 4.54. The molecule has 0 aliphatic rings. The lowest BCUT2D eigenvalue weighted by Crippen LogP contribution is -1.94. The lowest BCUT2D eigenvalue weighted by Gasteiger charge is -2.08. The van der Waals surface area contributed by atoms with Crippen LogP contribution in [0.5, 0.6) is 11.6 Å². The average Bonchev–Trinajstić information content (AvgIpc) is 2.33. The number of nitrogens with zero attached hydrogens (tertiary/aromatic N) is 2. The van der Waals surface area contributed by atoms with Gasteiger partial charge in [0.1, 0.15) is 17.4 Å². The molecule has 0 bridgehead atoms. The van der Waals surface area contributed by atoms with E-state index in [9.17, 15) is 0 Å². The van der Waals surface area contributed by atoms with Crippen LogP contribution < -0.4 is 10.5 Å². The van der Waals surface area contributed by atoms with Crippen LogP contribution >= 0.6 is 0 Å². The zero-order valence-electron chi connectivity index (χ0n) is 9.34. The Bertz CT molecular complexity index is 587. The molecule has 0 saturated carbocycles. The first-order valence-corrected chi connectivity index (χ1v) is 5.10. The van der Waals surface area contributed by atoms with Crippen molar-refractivity contribution >= 4 is 5.69 Å². The molecule has 0 fully saturated rings. The highest BCUT2D eigenvalue weighted by molar-refractivity contribution is 5.49. The number of rotatable bonds is 2. The van der Waals surface area contributed by atoms with Gasteiger partial charge in [-0.3, -0.25) is 0 Å². The van der Waals surface area contributed by atoms with Gasteiger partial charge in [0, 0.05) is 11.9 Å². The average molecular weight is 225 g/mol. The van der Waals surface area contributed by atoms with Crippen LogP contribution in [0.25, 0.3) is 0 Å². The van der Waals surface area contributed by atoms with Crippen LogP contribution in [0.2, 0.25) is 0 Å². The fourth-order valence-corrected chi connectivity index (χ4v) is 1.45. The molecule has 0 aliphatic heterocycles. The predicted molar refractivity (Wildman–Crippen MR) is 64.6 cm³/mol. The molecule has 4 nitrogen and oxygen atoms in total. The van der Waals surface area contributed by atoms with Gasteiger partial charge in [-0.25, -0.2) is 4.98 Å². The summed E-state index contributed by atoms with van der Waals surface area (Å²) in [5, 5.41) is 8.92. The number of aromatic nitrogens is 1. The van der Waals surface area contributed by atoms with Crippen molar-refractivity contribution < 1.29 is 4.74 Å². The molecule has 1 aromatic heterocycles. The predicted octanol–water partition coefficient (Wildman–Crippen LogP) is 2.64. The summed E-state index contributed by atoms with van der Waals surface area (Å²) in [4.78, 5) is 4.03. The van der Waals surface area contributed by atoms with Gasteiger partial charge >= 0.3 is 0 Å². The maximum atomic E-state index is 8.92. The summed E-state index contributed by atoms with van der Waals surface area (Å²) in [5.74, 6) is 0.956. The van der Waals surface area contributed by atoms with E-state index < -0.39 is 0 Å². The molecule has 2 rings (SSSR count). The number of nitriles is 1. The minimum Gasteiger partial charge on any atom is -0.437 e. The van der Waals surface area contributed by atoms with Gasteiger partial charge in [-0.15, -0.1) is 0 Å². The maximum Gasteiger partial charge on any atom is 0.237 e. The standard InChI is InChI=1S/C13H11N3O/c1-9-7-11(15)4-5-12(9)17-13-10(8-14)3-2-6-16-13/h2-7H,15H2,1H3. The minimum atomic E-state index is 0.308. The second-order valence-electron chi connectivity index (χ2n) is 3.59. The summed E-state index contributed by atoms with van der Waals surface area (Å²) in [6, 6.07) is 10.7. The van der Waals surface area contributed by atoms with Crippen LogP contribution in [0.4, 0.5) is 5.69 Å². The molecule has 0 aliphatic carbocycles. The molecular weight excluding hydrogens is 214 g/mol. The topological polar surface area (TPSA) is 71.9 Å². The molecule has 84 valence electrons. The number of aryl methyl sites for hydroxylation is 1. The Balaban J connectivity index is 2.35. The van der Waals surface area contributed by atoms with Crippen molar-refractivity contribution in [1.29, 1.82) is 5.26 Å². The molecule has 0 atom stereocenters. The SMILES string of the molecule is Cc1cc(N)ccc1Oc1ncccc1C#N. The summed E-state index contributed by atoms with van der Waals surface area (Å²) in [5.41, 5.74) is 7.64. The van der Waals surface area contributed by atoms with Gasteiger partial charge in [-0.1, -0.05) is 0 Å². The lowest BCUT2D eigenvalue weighted by atomic mass is 10.2. The first-order chi connectivity index (χ1) is 8.20. The monoisotopic (exact) mass is 225 g/mol. The molecule has 0 saturated heterocycles. The molecule has 0 spiro atoms. The van der Waals surface area contributed by atoms with E-state index in [0.717, 1.165) is 5.56 Å². The summed E-state index contributed by atoms with van der Waals surface area (Å²) >= 11 is 0. The van der Waals surface area contributed by atoms with Gasteiger partial charge in [-0.2, -0.15) is 5.26 Å². The smallest absolute Gasteiger partial charge is 0.237 e. The van der Waals surface area contributed by atoms with E-state index in [0.29, 0.717) is 22.9 Å². The third-order valence-corrected chi connectivity index (χ3v) is 2.30. The number of ether oxygens (including phenoxy) is 1. The van der Waals surface area contributed by atoms with E-state index in [1.807, 2.05) is 19.1 Å². The fraction of sp³-hybridized carbons (Fsp3) is 0.0769. The highest BCUT2D eigenvalue weighted by Gasteiger charge is 2.07. The van der Waals surface area contributed by atoms with Crippen molar-refractivity contribution in [2.24, 2.45) is 0 Å². The summed E-state index contributed by atoms with van der Waals surface area (Å²) in [7, 11) is 0. The summed E-state index contributed by atoms with van der Waals surface area (Å²) in [6.07, 6.45) is 1.59. The van der Waals surface area contributed by atoms with Crippen LogP contribution in [-0.2, 0) is 0 Å². The van der Waals surface area contributed by atoms with Crippen LogP contribution in [0.15, 0.2) is 36.5 Å². The molecule has 1 aromatic carbocycles. The lowest BCUT2D eigenvalue weighted by molar-refractivity contribution is 0.458. The van der Waals surface area contributed by atoms with Gasteiger partial charge in [0.05, 0.1) is 0 Å². The quantitative estimate of drug-likeness (QED) is 0.797. The number of benzene rings is 1. The van der Waals surface area contributed by atoms with Crippen LogP contribution in [0.1, 0.15) is 11.1 Å². The zero-order chi connectivity index (χ0) is 12.3. The fourth-order valence-electron chi connectivity index (χ4n) is 1.45. The Morgan fingerprint density at radius 2 is 2.18 bits per heavy atom. The van der Waals surface area contributed by atoms with Gasteiger partial charge in [0.15, 0.2) is 0 Å². The van der Waals surface area contributed by atoms with Crippen molar-refractivity contribution in [1.82, 2.24) is 4.98 Å². The maximum absolute atomic E-state index is 8.92. The molecule has 4 heteroatoms. The molecule has 1 heterocycles. The number of anilines is 1. The second-order valence-corrected chi connectivity index (χ2v) is 3.59. The normalized spacial score (nSPS) is 9.65. The number of hydrogen-bond acceptors (Lipinski definition) is 4. The van der Waals surface area contributed by atoms with E-state index in [1.165, 1.54) is 0 Å². The van der Waals surface area contributed by atoms with E-state index in [2.05, 4.69) is 4.98 Å². The minimum absolute atomic E-state index is 0.308. The van der Waals surface area contributed by atoms with E-state index in [4.69, 9.17) is 15.7 Å². The number of nitrogen functional groups attached to an aromatic ring is 1. The van der Waals surface area contributed by atoms with Gasteiger partial charge < -0.3 is 10.5 Å². The van der Waals surface area contributed by atoms with Crippen molar-refractivity contribution in [2.75, 3.05) is 5.73 Å². The van der Waals surface area contributed by atoms with Crippen molar-refractivity contribution in [3.63, 3.8) is 0 Å². The Labute approximate surface area is 99.3 Å². The highest BCUT2D eigenvalue weighted by atomic mass is 16.5. The van der Waals surface area contributed by atoms with E-state index >= 15 is 0 Å². The zero-order valence-corrected chi connectivity index (χ0v) is 9.34. The number of hydrogen-bond donors (Lipinski definition) is 1. The van der Waals surface area contributed by atoms with E-state index in [-0.39, 0.29) is 0 Å². The molecule has 17 heavy (non-hydrogen) atoms. The van der Waals surface area contributed by atoms with Gasteiger partial charge in [-0.05, 0) is 42.8 Å². The summed E-state index contributed by atoms with van der Waals surface area (Å²) in [6.45, 7) is 1.89. The van der Waals surface area contributed by atoms with Crippen molar-refractivity contribution in [3.8, 4) is 17.7 Å². The molecule has 0 radical (unpaired) electrons. The van der Waals surface area contributed by atoms with E-state index in [1.54, 1.807) is 30.5 Å². The Kier molecular flexibility index (Phi) is 2.93. The number of pyridine rings is 1. The molecule has 2 aromatic rings. The van der Waals surface area contributed by atoms with Crippen LogP contribution in [-0.4, -0.2) is 4.98 Å². The molecule has 2 N–H and O–H groups in total. The third-order valence-electron chi connectivity index (χ3n) is 2.30. The molecule has 0 unspecified atom stereocenters. The van der Waals surface area contributed by atoms with Crippen molar-refractivity contribution in [2.45, 2.75) is 6.92 Å². The molecular formula is C13H11N3O. The van der Waals surface area contributed by atoms with Crippen LogP contribution in [0, 0.1) is 18.3 Å². The van der Waals surface area contributed by atoms with Crippen LogP contribution in [0.3, 0.4) is 0 Å². The largest absolute Gasteiger partial charge is 0.437 e. The molecule has 0 amide bonds. The summed E-state index contributed by atoms with van der Waals surface area (Å²) < 4.78 is 5.60. The first-order valence-electron chi connectivity index (χ1n) is 5.10. The third kappa shape index (κ3) is 2.34. The number of nitrogens with two attached hydrogens (primary N) is 1. The Morgan fingerprint density at radius 1 is 1.35 bits per heavy atom. The Morgan fingerprint density at radius 3 is 2.88 bits per heavy atom. The van der Waals surface area contributed by atoms with Gasteiger partial charge in [0.25, 0.3) is 0 Å². The van der Waals surface area contributed by atoms with Gasteiger partial charge in [0.2, 0.25) is 5.88 Å². The van der Waals surface area contributed by atoms with Crippen molar-refractivity contribution in [3.05, 3.63) is 47.7 Å². The highest BCUT2D eigenvalue weighted by Crippen LogP contribution is 2.26.